The van der Waals surface area contributed by atoms with Crippen LogP contribution in [0, 0.1) is 0 Å². The van der Waals surface area contributed by atoms with Crippen molar-refractivity contribution in [3.8, 4) is 5.75 Å². The number of thiophene rings is 1. The highest BCUT2D eigenvalue weighted by molar-refractivity contribution is 7.17. The van der Waals surface area contributed by atoms with E-state index in [0.717, 1.165) is 16.2 Å². The Morgan fingerprint density at radius 3 is 2.41 bits per heavy atom. The minimum Gasteiger partial charge on any atom is -0.497 e. The van der Waals surface area contributed by atoms with Gasteiger partial charge >= 0.3 is 0 Å². The lowest BCUT2D eigenvalue weighted by Crippen LogP contribution is -2.24. The molecule has 0 amide bonds. The van der Waals surface area contributed by atoms with Gasteiger partial charge in [-0.25, -0.2) is 0 Å². The second kappa shape index (κ2) is 8.96. The van der Waals surface area contributed by atoms with Crippen molar-refractivity contribution in [2.45, 2.75) is 19.1 Å². The molecule has 0 fully saturated rings. The molecule has 2 rings (SSSR count). The van der Waals surface area contributed by atoms with Crippen molar-refractivity contribution in [1.82, 2.24) is 5.32 Å². The van der Waals surface area contributed by atoms with Gasteiger partial charge in [0.05, 0.1) is 12.1 Å². The van der Waals surface area contributed by atoms with Gasteiger partial charge in [0.2, 0.25) is 0 Å². The molecule has 0 spiro atoms. The first-order chi connectivity index (χ1) is 10.0. The highest BCUT2D eigenvalue weighted by atomic mass is 35.5. The minimum absolute atomic E-state index is 0. The van der Waals surface area contributed by atoms with Crippen molar-refractivity contribution in [3.63, 3.8) is 0 Å². The Morgan fingerprint density at radius 2 is 1.91 bits per heavy atom. The van der Waals surface area contributed by atoms with Gasteiger partial charge in [-0.2, -0.15) is 0 Å². The van der Waals surface area contributed by atoms with Crippen LogP contribution in [0.1, 0.15) is 29.5 Å². The van der Waals surface area contributed by atoms with E-state index in [4.69, 9.17) is 27.9 Å². The number of hydrogen-bond donors (Lipinski definition) is 2. The van der Waals surface area contributed by atoms with E-state index >= 15 is 0 Å². The Kier molecular flexibility index (Phi) is 7.97. The minimum atomic E-state index is -0.624. The van der Waals surface area contributed by atoms with Gasteiger partial charge in [-0.05, 0) is 30.7 Å². The lowest BCUT2D eigenvalue weighted by Gasteiger charge is -2.17. The zero-order valence-corrected chi connectivity index (χ0v) is 15.3. The largest absolute Gasteiger partial charge is 0.497 e. The van der Waals surface area contributed by atoms with Crippen LogP contribution < -0.4 is 10.1 Å². The number of aliphatic hydroxyl groups is 1. The van der Waals surface area contributed by atoms with Gasteiger partial charge in [-0.1, -0.05) is 35.3 Å². The van der Waals surface area contributed by atoms with Gasteiger partial charge in [-0.3, -0.25) is 0 Å². The van der Waals surface area contributed by atoms with Crippen LogP contribution >= 0.6 is 46.9 Å². The standard InChI is InChI=1S/C15H17Cl2NO2S.ClH/c1-9(10-3-5-11(20-2)6-4-10)18-8-13(19)14-7-12(16)15(17)21-14;/h3-7,9,13,18-19H,8H2,1-2H3;1H. The van der Waals surface area contributed by atoms with Crippen LogP contribution in [0.4, 0.5) is 0 Å². The fraction of sp³-hybridized carbons (Fsp3) is 0.333. The number of nitrogens with one attached hydrogen (secondary N) is 1. The molecule has 3 nitrogen and oxygen atoms in total. The van der Waals surface area contributed by atoms with E-state index in [1.807, 2.05) is 31.2 Å². The van der Waals surface area contributed by atoms with Crippen LogP contribution in [0.25, 0.3) is 0 Å². The first kappa shape index (κ1) is 19.6. The molecule has 0 aliphatic carbocycles. The lowest BCUT2D eigenvalue weighted by molar-refractivity contribution is 0.174. The SMILES string of the molecule is COc1ccc(C(C)NCC(O)c2cc(Cl)c(Cl)s2)cc1.Cl. The van der Waals surface area contributed by atoms with Crippen LogP contribution in [0.5, 0.6) is 5.75 Å². The maximum Gasteiger partial charge on any atom is 0.118 e. The van der Waals surface area contributed by atoms with E-state index in [1.54, 1.807) is 13.2 Å². The molecule has 22 heavy (non-hydrogen) atoms. The summed E-state index contributed by atoms with van der Waals surface area (Å²) in [6.07, 6.45) is -0.624. The van der Waals surface area contributed by atoms with Crippen LogP contribution in [0.2, 0.25) is 9.36 Å². The van der Waals surface area contributed by atoms with Crippen molar-refractivity contribution >= 4 is 46.9 Å². The molecule has 1 heterocycles. The zero-order chi connectivity index (χ0) is 15.4. The Balaban J connectivity index is 0.00000242. The molecule has 0 radical (unpaired) electrons. The number of ether oxygens (including phenoxy) is 1. The van der Waals surface area contributed by atoms with E-state index in [-0.39, 0.29) is 18.4 Å². The fourth-order valence-electron chi connectivity index (χ4n) is 1.93. The molecule has 1 aromatic carbocycles. The van der Waals surface area contributed by atoms with Gasteiger partial charge in [0, 0.05) is 17.5 Å². The first-order valence-electron chi connectivity index (χ1n) is 6.51. The summed E-state index contributed by atoms with van der Waals surface area (Å²) in [4.78, 5) is 0.763. The van der Waals surface area contributed by atoms with Crippen molar-refractivity contribution in [1.29, 1.82) is 0 Å². The summed E-state index contributed by atoms with van der Waals surface area (Å²) in [5.74, 6) is 0.828. The summed E-state index contributed by atoms with van der Waals surface area (Å²) in [5.41, 5.74) is 1.13. The molecule has 2 aromatic rings. The van der Waals surface area contributed by atoms with Gasteiger partial charge in [0.25, 0.3) is 0 Å². The molecule has 2 atom stereocenters. The number of aliphatic hydroxyl groups excluding tert-OH is 1. The van der Waals surface area contributed by atoms with Gasteiger partial charge in [0.15, 0.2) is 0 Å². The van der Waals surface area contributed by atoms with Crippen LogP contribution in [-0.4, -0.2) is 18.8 Å². The Bertz CT molecular complexity index is 569. The van der Waals surface area contributed by atoms with E-state index < -0.39 is 6.10 Å². The van der Waals surface area contributed by atoms with Gasteiger partial charge < -0.3 is 15.2 Å². The lowest BCUT2D eigenvalue weighted by atomic mass is 10.1. The molecule has 0 saturated carbocycles. The topological polar surface area (TPSA) is 41.5 Å². The third-order valence-corrected chi connectivity index (χ3v) is 5.19. The summed E-state index contributed by atoms with van der Waals surface area (Å²) < 4.78 is 5.64. The third-order valence-electron chi connectivity index (χ3n) is 3.23. The summed E-state index contributed by atoms with van der Waals surface area (Å²) in [6, 6.07) is 9.67. The normalized spacial score (nSPS) is 13.3. The number of hydrogen-bond acceptors (Lipinski definition) is 4. The molecule has 2 N–H and O–H groups in total. The average molecular weight is 383 g/mol. The molecular formula is C15H18Cl3NO2S. The summed E-state index contributed by atoms with van der Waals surface area (Å²) in [5, 5.41) is 13.9. The number of halogens is 3. The van der Waals surface area contributed by atoms with E-state index in [0.29, 0.717) is 15.9 Å². The molecule has 0 aliphatic heterocycles. The number of methoxy groups -OCH3 is 1. The number of benzene rings is 1. The molecule has 0 aliphatic rings. The van der Waals surface area contributed by atoms with Crippen molar-refractivity contribution in [2.24, 2.45) is 0 Å². The molecule has 0 bridgehead atoms. The van der Waals surface area contributed by atoms with Crippen molar-refractivity contribution in [3.05, 3.63) is 50.1 Å². The van der Waals surface area contributed by atoms with Crippen LogP contribution in [-0.2, 0) is 0 Å². The fourth-order valence-corrected chi connectivity index (χ4v) is 3.31. The second-order valence-corrected chi connectivity index (χ2v) is 6.78. The average Bonchev–Trinajstić information content (AvgIpc) is 2.84. The molecular weight excluding hydrogens is 365 g/mol. The Hall–Kier alpha value is -0.490. The van der Waals surface area contributed by atoms with Crippen LogP contribution in [0.15, 0.2) is 30.3 Å². The third kappa shape index (κ3) is 5.01. The highest BCUT2D eigenvalue weighted by Gasteiger charge is 2.15. The molecule has 2 unspecified atom stereocenters. The predicted molar refractivity (Wildman–Crippen MR) is 96.0 cm³/mol. The maximum atomic E-state index is 10.1. The predicted octanol–water partition coefficient (Wildman–Crippen LogP) is 4.87. The van der Waals surface area contributed by atoms with Gasteiger partial charge in [0.1, 0.15) is 16.2 Å². The summed E-state index contributed by atoms with van der Waals surface area (Å²) in [7, 11) is 1.64. The Morgan fingerprint density at radius 1 is 1.27 bits per heavy atom. The summed E-state index contributed by atoms with van der Waals surface area (Å²) in [6.45, 7) is 2.48. The quantitative estimate of drug-likeness (QED) is 0.749. The molecule has 0 saturated heterocycles. The highest BCUT2D eigenvalue weighted by Crippen LogP contribution is 2.34. The second-order valence-electron chi connectivity index (χ2n) is 4.69. The Labute approximate surface area is 150 Å². The van der Waals surface area contributed by atoms with E-state index in [9.17, 15) is 5.11 Å². The smallest absolute Gasteiger partial charge is 0.118 e. The molecule has 122 valence electrons. The monoisotopic (exact) mass is 381 g/mol. The molecule has 7 heteroatoms. The maximum absolute atomic E-state index is 10.1. The van der Waals surface area contributed by atoms with Gasteiger partial charge in [-0.15, -0.1) is 23.7 Å². The first-order valence-corrected chi connectivity index (χ1v) is 8.08. The van der Waals surface area contributed by atoms with Crippen molar-refractivity contribution < 1.29 is 9.84 Å². The summed E-state index contributed by atoms with van der Waals surface area (Å²) >= 11 is 13.1. The van der Waals surface area contributed by atoms with E-state index in [1.165, 1.54) is 11.3 Å². The van der Waals surface area contributed by atoms with Crippen molar-refractivity contribution in [2.75, 3.05) is 13.7 Å². The van der Waals surface area contributed by atoms with E-state index in [2.05, 4.69) is 5.32 Å². The number of rotatable bonds is 6. The molecule has 1 aromatic heterocycles. The zero-order valence-electron chi connectivity index (χ0n) is 12.2. The van der Waals surface area contributed by atoms with Crippen LogP contribution in [0.3, 0.4) is 0 Å².